The molecule has 154 valence electrons. The average Bonchev–Trinajstić information content (AvgIpc) is 2.71. The fourth-order valence-electron chi connectivity index (χ4n) is 3.55. The number of benzene rings is 2. The Hall–Kier alpha value is -2.58. The van der Waals surface area contributed by atoms with Gasteiger partial charge in [0.2, 0.25) is 0 Å². The van der Waals surface area contributed by atoms with Gasteiger partial charge in [-0.25, -0.2) is 13.2 Å². The highest BCUT2D eigenvalue weighted by molar-refractivity contribution is 5.97. The van der Waals surface area contributed by atoms with Crippen molar-refractivity contribution in [1.29, 1.82) is 0 Å². The van der Waals surface area contributed by atoms with E-state index in [0.29, 0.717) is 62.8 Å². The Morgan fingerprint density at radius 1 is 1.07 bits per heavy atom. The highest BCUT2D eigenvalue weighted by atomic mass is 19.2. The molecule has 0 aliphatic carbocycles. The van der Waals surface area contributed by atoms with Gasteiger partial charge in [-0.3, -0.25) is 9.69 Å². The van der Waals surface area contributed by atoms with E-state index in [1.54, 1.807) is 23.1 Å². The lowest BCUT2D eigenvalue weighted by molar-refractivity contribution is 0.0124. The molecule has 0 aromatic heterocycles. The number of morpholine rings is 1. The smallest absolute Gasteiger partial charge is 0.257 e. The van der Waals surface area contributed by atoms with Crippen LogP contribution in [0.3, 0.4) is 0 Å². The molecule has 2 aromatic rings. The van der Waals surface area contributed by atoms with E-state index >= 15 is 0 Å². The number of carbonyl (C=O) groups is 1. The summed E-state index contributed by atoms with van der Waals surface area (Å²) in [5, 5.41) is 0. The molecule has 4 rings (SSSR count). The van der Waals surface area contributed by atoms with Crippen molar-refractivity contribution in [3.05, 3.63) is 65.0 Å². The van der Waals surface area contributed by atoms with E-state index in [2.05, 4.69) is 0 Å². The summed E-state index contributed by atoms with van der Waals surface area (Å²) in [4.78, 5) is 16.5. The number of hydrogen-bond donors (Lipinski definition) is 0. The van der Waals surface area contributed by atoms with Crippen LogP contribution in [-0.4, -0.2) is 61.2 Å². The van der Waals surface area contributed by atoms with Crippen LogP contribution in [0.2, 0.25) is 0 Å². The third-order valence-electron chi connectivity index (χ3n) is 5.08. The number of ether oxygens (including phenoxy) is 2. The van der Waals surface area contributed by atoms with Crippen molar-refractivity contribution in [2.24, 2.45) is 0 Å². The minimum Gasteiger partial charge on any atom is -0.487 e. The van der Waals surface area contributed by atoms with Gasteiger partial charge in [0, 0.05) is 32.7 Å². The third kappa shape index (κ3) is 4.38. The van der Waals surface area contributed by atoms with Gasteiger partial charge in [0.15, 0.2) is 17.5 Å². The number of halogens is 3. The van der Waals surface area contributed by atoms with Gasteiger partial charge < -0.3 is 14.4 Å². The molecule has 8 heteroatoms. The summed E-state index contributed by atoms with van der Waals surface area (Å²) >= 11 is 0. The lowest BCUT2D eigenvalue weighted by Crippen LogP contribution is -2.53. The molecule has 0 radical (unpaired) electrons. The first kappa shape index (κ1) is 19.7. The van der Waals surface area contributed by atoms with Gasteiger partial charge in [0.05, 0.1) is 18.8 Å². The Labute approximate surface area is 166 Å². The standard InChI is InChI=1S/C21H21F3N2O3/c22-17-9-14(10-18(23)20(17)24)11-25-12-15(13-25)29-19-4-2-1-3-16(19)21(27)26-5-7-28-8-6-26/h1-4,9-10,15H,5-8,11-13H2. The van der Waals surface area contributed by atoms with Crippen molar-refractivity contribution in [1.82, 2.24) is 9.80 Å². The van der Waals surface area contributed by atoms with Crippen molar-refractivity contribution in [2.75, 3.05) is 39.4 Å². The van der Waals surface area contributed by atoms with Gasteiger partial charge in [0.25, 0.3) is 5.91 Å². The van der Waals surface area contributed by atoms with Gasteiger partial charge in [0.1, 0.15) is 11.9 Å². The quantitative estimate of drug-likeness (QED) is 0.717. The fourth-order valence-corrected chi connectivity index (χ4v) is 3.55. The molecule has 0 spiro atoms. The van der Waals surface area contributed by atoms with Crippen LogP contribution in [0.25, 0.3) is 0 Å². The van der Waals surface area contributed by atoms with Crippen LogP contribution in [-0.2, 0) is 11.3 Å². The maximum atomic E-state index is 13.3. The van der Waals surface area contributed by atoms with Crippen molar-refractivity contribution < 1.29 is 27.4 Å². The first-order chi connectivity index (χ1) is 14.0. The molecule has 29 heavy (non-hydrogen) atoms. The van der Waals surface area contributed by atoms with Gasteiger partial charge >= 0.3 is 0 Å². The van der Waals surface area contributed by atoms with E-state index in [0.717, 1.165) is 12.1 Å². The zero-order valence-corrected chi connectivity index (χ0v) is 15.7. The molecule has 0 N–H and O–H groups in total. The van der Waals surface area contributed by atoms with Gasteiger partial charge in [-0.05, 0) is 29.8 Å². The molecular weight excluding hydrogens is 385 g/mol. The van der Waals surface area contributed by atoms with Crippen LogP contribution in [0.1, 0.15) is 15.9 Å². The monoisotopic (exact) mass is 406 g/mol. The number of para-hydroxylation sites is 1. The predicted molar refractivity (Wildman–Crippen MR) is 99.2 cm³/mol. The molecule has 2 aliphatic rings. The molecule has 2 fully saturated rings. The minimum absolute atomic E-state index is 0.0858. The molecule has 2 aliphatic heterocycles. The SMILES string of the molecule is O=C(c1ccccc1OC1CN(Cc2cc(F)c(F)c(F)c2)C1)N1CCOCC1. The van der Waals surface area contributed by atoms with Gasteiger partial charge in [-0.15, -0.1) is 0 Å². The van der Waals surface area contributed by atoms with E-state index < -0.39 is 17.5 Å². The molecule has 0 bridgehead atoms. The van der Waals surface area contributed by atoms with Crippen LogP contribution in [0.15, 0.2) is 36.4 Å². The molecule has 2 aromatic carbocycles. The third-order valence-corrected chi connectivity index (χ3v) is 5.08. The zero-order valence-electron chi connectivity index (χ0n) is 15.7. The topological polar surface area (TPSA) is 42.0 Å². The average molecular weight is 406 g/mol. The maximum Gasteiger partial charge on any atom is 0.257 e. The normalized spacial score (nSPS) is 17.8. The Balaban J connectivity index is 1.35. The Morgan fingerprint density at radius 2 is 1.72 bits per heavy atom. The molecule has 0 unspecified atom stereocenters. The van der Waals surface area contributed by atoms with E-state index in [4.69, 9.17) is 9.47 Å². The summed E-state index contributed by atoms with van der Waals surface area (Å²) in [5.74, 6) is -3.40. The lowest BCUT2D eigenvalue weighted by atomic mass is 10.1. The summed E-state index contributed by atoms with van der Waals surface area (Å²) in [6.07, 6.45) is -0.135. The number of likely N-dealkylation sites (tertiary alicyclic amines) is 1. The summed E-state index contributed by atoms with van der Waals surface area (Å²) in [7, 11) is 0. The lowest BCUT2D eigenvalue weighted by Gasteiger charge is -2.39. The van der Waals surface area contributed by atoms with E-state index in [-0.39, 0.29) is 12.0 Å². The largest absolute Gasteiger partial charge is 0.487 e. The number of hydrogen-bond acceptors (Lipinski definition) is 4. The van der Waals surface area contributed by atoms with Crippen LogP contribution >= 0.6 is 0 Å². The number of carbonyl (C=O) groups excluding carboxylic acids is 1. The van der Waals surface area contributed by atoms with E-state index in [1.165, 1.54) is 0 Å². The Kier molecular flexibility index (Phi) is 5.73. The molecule has 2 heterocycles. The first-order valence-electron chi connectivity index (χ1n) is 9.50. The Morgan fingerprint density at radius 3 is 2.41 bits per heavy atom. The van der Waals surface area contributed by atoms with E-state index in [1.807, 2.05) is 11.0 Å². The summed E-state index contributed by atoms with van der Waals surface area (Å²) in [6.45, 7) is 3.53. The molecule has 5 nitrogen and oxygen atoms in total. The summed E-state index contributed by atoms with van der Waals surface area (Å²) in [6, 6.07) is 9.12. The van der Waals surface area contributed by atoms with Crippen molar-refractivity contribution in [2.45, 2.75) is 12.6 Å². The van der Waals surface area contributed by atoms with Crippen molar-refractivity contribution in [3.8, 4) is 5.75 Å². The predicted octanol–water partition coefficient (Wildman–Crippen LogP) is 2.84. The van der Waals surface area contributed by atoms with Gasteiger partial charge in [-0.1, -0.05) is 12.1 Å². The number of rotatable bonds is 5. The van der Waals surface area contributed by atoms with Crippen molar-refractivity contribution >= 4 is 5.91 Å². The summed E-state index contributed by atoms with van der Waals surface area (Å²) < 4.78 is 51.1. The molecular formula is C21H21F3N2O3. The highest BCUT2D eigenvalue weighted by Gasteiger charge is 2.30. The van der Waals surface area contributed by atoms with E-state index in [9.17, 15) is 18.0 Å². The molecule has 0 saturated carbocycles. The molecule has 2 saturated heterocycles. The second-order valence-electron chi connectivity index (χ2n) is 7.21. The first-order valence-corrected chi connectivity index (χ1v) is 9.50. The maximum absolute atomic E-state index is 13.3. The number of nitrogens with zero attached hydrogens (tertiary/aromatic N) is 2. The Bertz CT molecular complexity index is 873. The van der Waals surface area contributed by atoms with Crippen LogP contribution in [0.4, 0.5) is 13.2 Å². The highest BCUT2D eigenvalue weighted by Crippen LogP contribution is 2.25. The minimum atomic E-state index is -1.46. The second kappa shape index (κ2) is 8.42. The van der Waals surface area contributed by atoms with Crippen molar-refractivity contribution in [3.63, 3.8) is 0 Å². The fraction of sp³-hybridized carbons (Fsp3) is 0.381. The van der Waals surface area contributed by atoms with Crippen LogP contribution in [0, 0.1) is 17.5 Å². The second-order valence-corrected chi connectivity index (χ2v) is 7.21. The molecule has 0 atom stereocenters. The van der Waals surface area contributed by atoms with Crippen LogP contribution < -0.4 is 4.74 Å². The summed E-state index contributed by atoms with van der Waals surface area (Å²) in [5.41, 5.74) is 0.873. The zero-order chi connectivity index (χ0) is 20.4. The van der Waals surface area contributed by atoms with Gasteiger partial charge in [-0.2, -0.15) is 0 Å². The van der Waals surface area contributed by atoms with Crippen LogP contribution in [0.5, 0.6) is 5.75 Å². The molecule has 1 amide bonds. The number of amides is 1.